The van der Waals surface area contributed by atoms with Crippen LogP contribution in [0.25, 0.3) is 0 Å². The smallest absolute Gasteiger partial charge is 0.129 e. The van der Waals surface area contributed by atoms with Gasteiger partial charge in [0.2, 0.25) is 0 Å². The Balaban J connectivity index is 1.30. The number of para-hydroxylation sites is 1. The van der Waals surface area contributed by atoms with Crippen molar-refractivity contribution in [3.63, 3.8) is 0 Å². The first-order chi connectivity index (χ1) is 12.2. The van der Waals surface area contributed by atoms with Crippen LogP contribution in [0.3, 0.4) is 0 Å². The lowest BCUT2D eigenvalue weighted by atomic mass is 10.0. The van der Waals surface area contributed by atoms with Crippen molar-refractivity contribution in [2.24, 2.45) is 0 Å². The normalized spacial score (nSPS) is 18.6. The first-order valence-corrected chi connectivity index (χ1v) is 9.21. The molecule has 0 N–H and O–H groups in total. The molecule has 0 spiro atoms. The number of anilines is 1. The van der Waals surface area contributed by atoms with Crippen molar-refractivity contribution < 1.29 is 8.78 Å². The third kappa shape index (κ3) is 3.54. The molecule has 0 saturated carbocycles. The Morgan fingerprint density at radius 1 is 0.960 bits per heavy atom. The van der Waals surface area contributed by atoms with Gasteiger partial charge in [-0.25, -0.2) is 8.78 Å². The summed E-state index contributed by atoms with van der Waals surface area (Å²) < 4.78 is 26.7. The van der Waals surface area contributed by atoms with E-state index >= 15 is 0 Å². The molecule has 2 aromatic carbocycles. The molecular formula is C21H24F2N2. The number of piperidine rings is 1. The number of halogens is 2. The van der Waals surface area contributed by atoms with Crippen LogP contribution in [0.4, 0.5) is 14.5 Å². The summed E-state index contributed by atoms with van der Waals surface area (Å²) in [6, 6.07) is 13.2. The average molecular weight is 342 g/mol. The predicted molar refractivity (Wildman–Crippen MR) is 97.0 cm³/mol. The molecule has 0 unspecified atom stereocenters. The first-order valence-electron chi connectivity index (χ1n) is 9.21. The Morgan fingerprint density at radius 2 is 1.76 bits per heavy atom. The molecule has 4 rings (SSSR count). The van der Waals surface area contributed by atoms with Crippen molar-refractivity contribution in [2.45, 2.75) is 31.7 Å². The number of likely N-dealkylation sites (tertiary alicyclic amines) is 1. The van der Waals surface area contributed by atoms with Crippen LogP contribution >= 0.6 is 0 Å². The molecule has 0 aromatic heterocycles. The van der Waals surface area contributed by atoms with Crippen LogP contribution in [0.15, 0.2) is 42.5 Å². The van der Waals surface area contributed by atoms with E-state index in [0.717, 1.165) is 51.5 Å². The molecule has 4 heteroatoms. The highest BCUT2D eigenvalue weighted by atomic mass is 19.1. The number of hydrogen-bond acceptors (Lipinski definition) is 2. The van der Waals surface area contributed by atoms with Gasteiger partial charge in [0.05, 0.1) is 0 Å². The van der Waals surface area contributed by atoms with Crippen LogP contribution in [0.5, 0.6) is 0 Å². The predicted octanol–water partition coefficient (Wildman–Crippen LogP) is 4.03. The maximum Gasteiger partial charge on any atom is 0.129 e. The number of rotatable bonds is 4. The van der Waals surface area contributed by atoms with Crippen LogP contribution in [0.2, 0.25) is 0 Å². The summed E-state index contributed by atoms with van der Waals surface area (Å²) in [6.45, 7) is 4.06. The third-order valence-electron chi connectivity index (χ3n) is 5.63. The van der Waals surface area contributed by atoms with E-state index in [-0.39, 0.29) is 0 Å². The summed E-state index contributed by atoms with van der Waals surface area (Å²) in [5.41, 5.74) is 3.49. The summed E-state index contributed by atoms with van der Waals surface area (Å²) in [6.07, 6.45) is 4.10. The minimum atomic E-state index is -0.507. The Bertz CT molecular complexity index is 738. The summed E-state index contributed by atoms with van der Waals surface area (Å²) >= 11 is 0. The second-order valence-electron chi connectivity index (χ2n) is 7.13. The SMILES string of the molecule is Fc1ccc(CCN2CCC(N3CCc4ccccc43)CC2)c(F)c1. The lowest BCUT2D eigenvalue weighted by Gasteiger charge is -2.38. The van der Waals surface area contributed by atoms with Crippen LogP contribution in [0.1, 0.15) is 24.0 Å². The van der Waals surface area contributed by atoms with Crippen molar-refractivity contribution in [3.05, 3.63) is 65.2 Å². The second-order valence-corrected chi connectivity index (χ2v) is 7.13. The van der Waals surface area contributed by atoms with Crippen LogP contribution in [-0.4, -0.2) is 37.1 Å². The van der Waals surface area contributed by atoms with Crippen molar-refractivity contribution >= 4 is 5.69 Å². The molecule has 132 valence electrons. The highest BCUT2D eigenvalue weighted by Crippen LogP contribution is 2.32. The van der Waals surface area contributed by atoms with Gasteiger partial charge in [-0.1, -0.05) is 24.3 Å². The molecule has 2 aliphatic rings. The van der Waals surface area contributed by atoms with Gasteiger partial charge >= 0.3 is 0 Å². The largest absolute Gasteiger partial charge is 0.368 e. The van der Waals surface area contributed by atoms with E-state index in [1.807, 2.05) is 0 Å². The van der Waals surface area contributed by atoms with Gasteiger partial charge in [-0.15, -0.1) is 0 Å². The van der Waals surface area contributed by atoms with E-state index in [2.05, 4.69) is 34.1 Å². The Labute approximate surface area is 148 Å². The molecule has 2 aromatic rings. The standard InChI is InChI=1S/C21H24F2N2/c22-18-6-5-16(20(23)15-18)7-11-24-12-9-19(10-13-24)25-14-8-17-3-1-2-4-21(17)25/h1-6,15,19H,7-14H2. The highest BCUT2D eigenvalue weighted by molar-refractivity contribution is 5.58. The molecule has 2 nitrogen and oxygen atoms in total. The van der Waals surface area contributed by atoms with Gasteiger partial charge in [0.25, 0.3) is 0 Å². The molecule has 0 atom stereocenters. The van der Waals surface area contributed by atoms with E-state index in [4.69, 9.17) is 0 Å². The second kappa shape index (κ2) is 7.12. The molecule has 2 heterocycles. The fourth-order valence-electron chi connectivity index (χ4n) is 4.20. The maximum atomic E-state index is 13.7. The average Bonchev–Trinajstić information content (AvgIpc) is 3.06. The molecule has 25 heavy (non-hydrogen) atoms. The lowest BCUT2D eigenvalue weighted by Crippen LogP contribution is -2.45. The van der Waals surface area contributed by atoms with Gasteiger partial charge in [-0.05, 0) is 48.9 Å². The molecule has 0 bridgehead atoms. The van der Waals surface area contributed by atoms with Gasteiger partial charge in [0.1, 0.15) is 11.6 Å². The van der Waals surface area contributed by atoms with Crippen molar-refractivity contribution in [1.82, 2.24) is 4.90 Å². The van der Waals surface area contributed by atoms with Crippen LogP contribution in [-0.2, 0) is 12.8 Å². The summed E-state index contributed by atoms with van der Waals surface area (Å²) in [5, 5.41) is 0. The van der Waals surface area contributed by atoms with Gasteiger partial charge in [0, 0.05) is 44.0 Å². The Kier molecular flexibility index (Phi) is 4.71. The zero-order valence-corrected chi connectivity index (χ0v) is 14.4. The van der Waals surface area contributed by atoms with E-state index in [9.17, 15) is 8.78 Å². The van der Waals surface area contributed by atoms with E-state index in [1.165, 1.54) is 17.3 Å². The molecule has 1 saturated heterocycles. The molecule has 0 aliphatic carbocycles. The topological polar surface area (TPSA) is 6.48 Å². The van der Waals surface area contributed by atoms with Crippen molar-refractivity contribution in [1.29, 1.82) is 0 Å². The quantitative estimate of drug-likeness (QED) is 0.828. The molecular weight excluding hydrogens is 318 g/mol. The van der Waals surface area contributed by atoms with Crippen molar-refractivity contribution in [2.75, 3.05) is 31.1 Å². The van der Waals surface area contributed by atoms with E-state index in [0.29, 0.717) is 18.0 Å². The summed E-state index contributed by atoms with van der Waals surface area (Å²) in [5.74, 6) is -0.934. The van der Waals surface area contributed by atoms with Crippen LogP contribution in [0, 0.1) is 11.6 Å². The minimum absolute atomic E-state index is 0.427. The minimum Gasteiger partial charge on any atom is -0.368 e. The number of fused-ring (bicyclic) bond motifs is 1. The van der Waals surface area contributed by atoms with Gasteiger partial charge in [0.15, 0.2) is 0 Å². The van der Waals surface area contributed by atoms with Crippen LogP contribution < -0.4 is 4.90 Å². The molecule has 2 aliphatic heterocycles. The third-order valence-corrected chi connectivity index (χ3v) is 5.63. The lowest BCUT2D eigenvalue weighted by molar-refractivity contribution is 0.211. The number of hydrogen-bond donors (Lipinski definition) is 0. The molecule has 0 amide bonds. The Morgan fingerprint density at radius 3 is 2.56 bits per heavy atom. The molecule has 0 radical (unpaired) electrons. The van der Waals surface area contributed by atoms with Gasteiger partial charge in [-0.3, -0.25) is 0 Å². The van der Waals surface area contributed by atoms with Crippen molar-refractivity contribution in [3.8, 4) is 0 Å². The maximum absolute atomic E-state index is 13.7. The zero-order chi connectivity index (χ0) is 17.2. The summed E-state index contributed by atoms with van der Waals surface area (Å²) in [4.78, 5) is 4.98. The van der Waals surface area contributed by atoms with Gasteiger partial charge in [-0.2, -0.15) is 0 Å². The fourth-order valence-corrected chi connectivity index (χ4v) is 4.20. The fraction of sp³-hybridized carbons (Fsp3) is 0.429. The monoisotopic (exact) mass is 342 g/mol. The Hall–Kier alpha value is -1.94. The highest BCUT2D eigenvalue weighted by Gasteiger charge is 2.28. The summed E-state index contributed by atoms with van der Waals surface area (Å²) in [7, 11) is 0. The van der Waals surface area contributed by atoms with E-state index in [1.54, 1.807) is 6.07 Å². The molecule has 1 fully saturated rings. The van der Waals surface area contributed by atoms with E-state index < -0.39 is 11.6 Å². The van der Waals surface area contributed by atoms with Gasteiger partial charge < -0.3 is 9.80 Å². The number of nitrogens with zero attached hydrogens (tertiary/aromatic N) is 2. The zero-order valence-electron chi connectivity index (χ0n) is 14.4. The number of benzene rings is 2. The first kappa shape index (κ1) is 16.5.